The first kappa shape index (κ1) is 16.2. The maximum absolute atomic E-state index is 10.6. The van der Waals surface area contributed by atoms with Crippen LogP contribution in [0.2, 0.25) is 0 Å². The van der Waals surface area contributed by atoms with Crippen molar-refractivity contribution in [3.63, 3.8) is 0 Å². The molecule has 2 aromatic rings. The fourth-order valence-electron chi connectivity index (χ4n) is 3.41. The van der Waals surface area contributed by atoms with Crippen LogP contribution in [0.5, 0.6) is 11.5 Å². The Hall–Kier alpha value is -2.24. The van der Waals surface area contributed by atoms with Crippen LogP contribution in [0.25, 0.3) is 0 Å². The Morgan fingerprint density at radius 1 is 0.960 bits per heavy atom. The van der Waals surface area contributed by atoms with E-state index in [-0.39, 0.29) is 6.79 Å². The summed E-state index contributed by atoms with van der Waals surface area (Å²) in [5, 5.41) is 10.6. The van der Waals surface area contributed by atoms with Crippen LogP contribution in [-0.4, -0.2) is 49.5 Å². The molecule has 0 radical (unpaired) electrons. The van der Waals surface area contributed by atoms with Gasteiger partial charge in [0.25, 0.3) is 0 Å². The number of aliphatic hydroxyl groups excluding tert-OH is 1. The van der Waals surface area contributed by atoms with Crippen molar-refractivity contribution in [3.8, 4) is 11.5 Å². The number of hydrogen-bond donors (Lipinski definition) is 1. The number of hydrogen-bond acceptors (Lipinski definition) is 5. The van der Waals surface area contributed by atoms with Gasteiger partial charge in [0.2, 0.25) is 6.79 Å². The van der Waals surface area contributed by atoms with E-state index < -0.39 is 6.10 Å². The first-order chi connectivity index (χ1) is 12.2. The van der Waals surface area contributed by atoms with E-state index >= 15 is 0 Å². The van der Waals surface area contributed by atoms with Crippen LogP contribution < -0.4 is 14.4 Å². The van der Waals surface area contributed by atoms with Crippen molar-refractivity contribution in [2.24, 2.45) is 0 Å². The third-order valence-corrected chi connectivity index (χ3v) is 4.98. The predicted molar refractivity (Wildman–Crippen MR) is 97.4 cm³/mol. The van der Waals surface area contributed by atoms with Crippen molar-refractivity contribution >= 4 is 5.69 Å². The van der Waals surface area contributed by atoms with E-state index in [0.717, 1.165) is 43.2 Å². The molecule has 4 rings (SSSR count). The van der Waals surface area contributed by atoms with Gasteiger partial charge in [0.1, 0.15) is 0 Å². The molecule has 0 spiro atoms. The zero-order chi connectivity index (χ0) is 17.2. The van der Waals surface area contributed by atoms with E-state index in [2.05, 4.69) is 41.0 Å². The van der Waals surface area contributed by atoms with Crippen molar-refractivity contribution in [1.29, 1.82) is 0 Å². The van der Waals surface area contributed by atoms with Crippen LogP contribution >= 0.6 is 0 Å². The molecule has 0 aliphatic carbocycles. The van der Waals surface area contributed by atoms with Crippen molar-refractivity contribution in [2.75, 3.05) is 44.4 Å². The second kappa shape index (κ2) is 6.94. The monoisotopic (exact) mass is 340 g/mol. The molecule has 1 fully saturated rings. The summed E-state index contributed by atoms with van der Waals surface area (Å²) in [6, 6.07) is 14.4. The van der Waals surface area contributed by atoms with Gasteiger partial charge in [0, 0.05) is 38.4 Å². The van der Waals surface area contributed by atoms with Crippen molar-refractivity contribution in [3.05, 3.63) is 53.6 Å². The Kier molecular flexibility index (Phi) is 4.51. The highest BCUT2D eigenvalue weighted by atomic mass is 16.7. The molecule has 0 aromatic heterocycles. The van der Waals surface area contributed by atoms with Gasteiger partial charge in [-0.2, -0.15) is 0 Å². The molecule has 5 heteroatoms. The van der Waals surface area contributed by atoms with Gasteiger partial charge < -0.3 is 19.5 Å². The number of aliphatic hydroxyl groups is 1. The Morgan fingerprint density at radius 3 is 2.44 bits per heavy atom. The third kappa shape index (κ3) is 3.57. The topological polar surface area (TPSA) is 45.2 Å². The van der Waals surface area contributed by atoms with Crippen molar-refractivity contribution in [2.45, 2.75) is 13.0 Å². The summed E-state index contributed by atoms with van der Waals surface area (Å²) in [6.07, 6.45) is -0.513. The van der Waals surface area contributed by atoms with Crippen LogP contribution in [0, 0.1) is 6.92 Å². The lowest BCUT2D eigenvalue weighted by molar-refractivity contribution is 0.109. The average Bonchev–Trinajstić information content (AvgIpc) is 3.11. The Morgan fingerprint density at radius 2 is 1.68 bits per heavy atom. The summed E-state index contributed by atoms with van der Waals surface area (Å²) in [5.41, 5.74) is 3.45. The number of piperazine rings is 1. The molecule has 5 nitrogen and oxygen atoms in total. The maximum Gasteiger partial charge on any atom is 0.231 e. The minimum absolute atomic E-state index is 0.260. The van der Waals surface area contributed by atoms with Gasteiger partial charge in [0.05, 0.1) is 6.10 Å². The fourth-order valence-corrected chi connectivity index (χ4v) is 3.41. The summed E-state index contributed by atoms with van der Waals surface area (Å²) < 4.78 is 10.7. The molecular weight excluding hydrogens is 316 g/mol. The normalized spacial score (nSPS) is 18.4. The summed E-state index contributed by atoms with van der Waals surface area (Å²) in [5.74, 6) is 1.48. The minimum Gasteiger partial charge on any atom is -0.454 e. The van der Waals surface area contributed by atoms with Crippen LogP contribution in [0.15, 0.2) is 42.5 Å². The quantitative estimate of drug-likeness (QED) is 0.927. The van der Waals surface area contributed by atoms with Crippen molar-refractivity contribution < 1.29 is 14.6 Å². The lowest BCUT2D eigenvalue weighted by Gasteiger charge is -2.37. The number of β-amino-alcohol motifs (C(OH)–C–C–N with tert-alkyl or cyclic N) is 1. The molecule has 2 aliphatic rings. The zero-order valence-corrected chi connectivity index (χ0v) is 14.5. The van der Waals surface area contributed by atoms with Gasteiger partial charge in [-0.3, -0.25) is 4.90 Å². The van der Waals surface area contributed by atoms with Crippen LogP contribution in [0.1, 0.15) is 17.2 Å². The lowest BCUT2D eigenvalue weighted by Crippen LogP contribution is -2.47. The molecule has 1 N–H and O–H groups in total. The Labute approximate surface area is 148 Å². The van der Waals surface area contributed by atoms with Gasteiger partial charge in [-0.05, 0) is 36.8 Å². The van der Waals surface area contributed by atoms with Crippen molar-refractivity contribution in [1.82, 2.24) is 4.90 Å². The number of nitrogens with zero attached hydrogens (tertiary/aromatic N) is 2. The van der Waals surface area contributed by atoms with Gasteiger partial charge >= 0.3 is 0 Å². The molecule has 2 aliphatic heterocycles. The molecule has 1 atom stereocenters. The predicted octanol–water partition coefficient (Wildman–Crippen LogP) is 2.58. The number of benzene rings is 2. The first-order valence-corrected chi connectivity index (χ1v) is 8.80. The second-order valence-electron chi connectivity index (χ2n) is 6.75. The molecule has 0 saturated carbocycles. The highest BCUT2D eigenvalue weighted by molar-refractivity contribution is 5.48. The minimum atomic E-state index is -0.513. The summed E-state index contributed by atoms with van der Waals surface area (Å²) in [4.78, 5) is 4.73. The molecule has 25 heavy (non-hydrogen) atoms. The number of rotatable bonds is 4. The van der Waals surface area contributed by atoms with Gasteiger partial charge in [0.15, 0.2) is 11.5 Å². The molecule has 132 valence electrons. The van der Waals surface area contributed by atoms with E-state index in [4.69, 9.17) is 9.47 Å². The van der Waals surface area contributed by atoms with E-state index in [1.54, 1.807) is 0 Å². The summed E-state index contributed by atoms with van der Waals surface area (Å²) in [6.45, 7) is 6.88. The van der Waals surface area contributed by atoms with Gasteiger partial charge in [-0.1, -0.05) is 23.8 Å². The maximum atomic E-state index is 10.6. The van der Waals surface area contributed by atoms with Crippen LogP contribution in [0.3, 0.4) is 0 Å². The highest BCUT2D eigenvalue weighted by Gasteiger charge is 2.22. The Bertz CT molecular complexity index is 724. The number of anilines is 1. The van der Waals surface area contributed by atoms with E-state index in [1.807, 2.05) is 18.2 Å². The van der Waals surface area contributed by atoms with E-state index in [0.29, 0.717) is 6.54 Å². The first-order valence-electron chi connectivity index (χ1n) is 8.80. The van der Waals surface area contributed by atoms with Crippen LogP contribution in [0.4, 0.5) is 5.69 Å². The number of ether oxygens (including phenoxy) is 2. The largest absolute Gasteiger partial charge is 0.454 e. The SMILES string of the molecule is Cc1ccc(N2CCN(C[C@H](O)c3ccc4c(c3)OCO4)CC2)cc1. The molecule has 2 aromatic carbocycles. The molecule has 0 bridgehead atoms. The smallest absolute Gasteiger partial charge is 0.231 e. The third-order valence-electron chi connectivity index (χ3n) is 4.98. The zero-order valence-electron chi connectivity index (χ0n) is 14.5. The number of fused-ring (bicyclic) bond motifs is 1. The summed E-state index contributed by atoms with van der Waals surface area (Å²) >= 11 is 0. The highest BCUT2D eigenvalue weighted by Crippen LogP contribution is 2.34. The average molecular weight is 340 g/mol. The molecule has 2 heterocycles. The molecule has 0 amide bonds. The second-order valence-corrected chi connectivity index (χ2v) is 6.75. The van der Waals surface area contributed by atoms with Gasteiger partial charge in [-0.25, -0.2) is 0 Å². The fraction of sp³-hybridized carbons (Fsp3) is 0.400. The standard InChI is InChI=1S/C20H24N2O3/c1-15-2-5-17(6-3-15)22-10-8-21(9-11-22)13-18(23)16-4-7-19-20(12-16)25-14-24-19/h2-7,12,18,23H,8-11,13-14H2,1H3/t18-/m0/s1. The van der Waals surface area contributed by atoms with Crippen LogP contribution in [-0.2, 0) is 0 Å². The Balaban J connectivity index is 1.33. The van der Waals surface area contributed by atoms with E-state index in [1.165, 1.54) is 11.3 Å². The van der Waals surface area contributed by atoms with E-state index in [9.17, 15) is 5.11 Å². The molecule has 1 saturated heterocycles. The summed E-state index contributed by atoms with van der Waals surface area (Å²) in [7, 11) is 0. The lowest BCUT2D eigenvalue weighted by atomic mass is 10.1. The molecular formula is C20H24N2O3. The number of aryl methyl sites for hydroxylation is 1. The molecule has 0 unspecified atom stereocenters. The van der Waals surface area contributed by atoms with Gasteiger partial charge in [-0.15, -0.1) is 0 Å².